The zero-order valence-electron chi connectivity index (χ0n) is 13.8. The molecule has 1 aromatic heterocycles. The molecule has 0 saturated heterocycles. The molecule has 6 heteroatoms. The van der Waals surface area contributed by atoms with E-state index in [2.05, 4.69) is 15.5 Å². The number of amides is 2. The molecule has 6 nitrogen and oxygen atoms in total. The number of aromatic nitrogens is 2. The summed E-state index contributed by atoms with van der Waals surface area (Å²) in [5, 5.41) is 10.5. The summed E-state index contributed by atoms with van der Waals surface area (Å²) in [6.07, 6.45) is 3.72. The molecule has 3 rings (SSSR count). The van der Waals surface area contributed by atoms with Gasteiger partial charge in [0.2, 0.25) is 5.91 Å². The van der Waals surface area contributed by atoms with Crippen molar-refractivity contribution in [3.63, 3.8) is 0 Å². The van der Waals surface area contributed by atoms with Gasteiger partial charge in [0.1, 0.15) is 6.04 Å². The van der Waals surface area contributed by atoms with E-state index in [1.54, 1.807) is 11.0 Å². The molecule has 0 saturated carbocycles. The number of nitrogens with zero attached hydrogens (tertiary/aromatic N) is 3. The van der Waals surface area contributed by atoms with E-state index >= 15 is 0 Å². The van der Waals surface area contributed by atoms with Crippen LogP contribution in [0, 0.1) is 5.92 Å². The van der Waals surface area contributed by atoms with Gasteiger partial charge in [-0.25, -0.2) is 0 Å². The molecule has 24 heavy (non-hydrogen) atoms. The van der Waals surface area contributed by atoms with Crippen molar-refractivity contribution in [3.05, 3.63) is 53.9 Å². The van der Waals surface area contributed by atoms with Crippen LogP contribution in [0.4, 0.5) is 5.69 Å². The number of fused-ring (bicyclic) bond motifs is 1. The van der Waals surface area contributed by atoms with Crippen molar-refractivity contribution < 1.29 is 9.59 Å². The van der Waals surface area contributed by atoms with E-state index < -0.39 is 6.04 Å². The Morgan fingerprint density at radius 1 is 1.33 bits per heavy atom. The quantitative estimate of drug-likeness (QED) is 0.941. The van der Waals surface area contributed by atoms with Crippen LogP contribution in [-0.2, 0) is 11.3 Å². The minimum atomic E-state index is -0.525. The van der Waals surface area contributed by atoms with Crippen molar-refractivity contribution in [1.82, 2.24) is 15.1 Å². The highest BCUT2D eigenvalue weighted by atomic mass is 16.2. The SMILES string of the molecule is CC[C@H](C)[C@H]1C(=O)Nc2ccccc2CN1C(=O)c1ccnnc1. The molecular formula is C18H20N4O2. The Kier molecular flexibility index (Phi) is 4.55. The van der Waals surface area contributed by atoms with Crippen LogP contribution in [0.5, 0.6) is 0 Å². The van der Waals surface area contributed by atoms with Gasteiger partial charge >= 0.3 is 0 Å². The molecule has 2 heterocycles. The van der Waals surface area contributed by atoms with Crippen LogP contribution in [0.3, 0.4) is 0 Å². The van der Waals surface area contributed by atoms with Crippen molar-refractivity contribution in [2.75, 3.05) is 5.32 Å². The Labute approximate surface area is 140 Å². The average Bonchev–Trinajstić information content (AvgIpc) is 2.77. The molecule has 1 aliphatic heterocycles. The minimum Gasteiger partial charge on any atom is -0.324 e. The highest BCUT2D eigenvalue weighted by Crippen LogP contribution is 2.28. The summed E-state index contributed by atoms with van der Waals surface area (Å²) in [7, 11) is 0. The number of benzene rings is 1. The zero-order valence-corrected chi connectivity index (χ0v) is 13.8. The fourth-order valence-corrected chi connectivity index (χ4v) is 2.98. The molecule has 1 N–H and O–H groups in total. The van der Waals surface area contributed by atoms with Gasteiger partial charge in [0.15, 0.2) is 0 Å². The minimum absolute atomic E-state index is 0.0399. The normalized spacial score (nSPS) is 18.3. The molecule has 124 valence electrons. The summed E-state index contributed by atoms with van der Waals surface area (Å²) >= 11 is 0. The second kappa shape index (κ2) is 6.78. The lowest BCUT2D eigenvalue weighted by Crippen LogP contribution is -2.48. The Morgan fingerprint density at radius 2 is 2.12 bits per heavy atom. The van der Waals surface area contributed by atoms with Gasteiger partial charge in [-0.05, 0) is 23.6 Å². The first-order valence-corrected chi connectivity index (χ1v) is 8.08. The highest BCUT2D eigenvalue weighted by molar-refractivity contribution is 6.02. The van der Waals surface area contributed by atoms with E-state index in [1.807, 2.05) is 38.1 Å². The van der Waals surface area contributed by atoms with Crippen LogP contribution in [0.2, 0.25) is 0 Å². The van der Waals surface area contributed by atoms with Crippen LogP contribution in [-0.4, -0.2) is 33.0 Å². The van der Waals surface area contributed by atoms with Crippen molar-refractivity contribution >= 4 is 17.5 Å². The third-order valence-electron chi connectivity index (χ3n) is 4.50. The summed E-state index contributed by atoms with van der Waals surface area (Å²) in [6, 6.07) is 8.68. The lowest BCUT2D eigenvalue weighted by atomic mass is 9.96. The maximum absolute atomic E-state index is 13.0. The van der Waals surface area contributed by atoms with Crippen molar-refractivity contribution in [2.24, 2.45) is 5.92 Å². The number of nitrogens with one attached hydrogen (secondary N) is 1. The van der Waals surface area contributed by atoms with Gasteiger partial charge in [0.25, 0.3) is 5.91 Å². The molecule has 1 aliphatic rings. The van der Waals surface area contributed by atoms with Crippen LogP contribution in [0.1, 0.15) is 36.2 Å². The number of hydrogen-bond donors (Lipinski definition) is 1. The van der Waals surface area contributed by atoms with E-state index in [0.29, 0.717) is 12.1 Å². The Balaban J connectivity index is 2.04. The van der Waals surface area contributed by atoms with Gasteiger partial charge in [0.05, 0.1) is 18.0 Å². The Morgan fingerprint density at radius 3 is 2.83 bits per heavy atom. The fourth-order valence-electron chi connectivity index (χ4n) is 2.98. The lowest BCUT2D eigenvalue weighted by Gasteiger charge is -2.32. The van der Waals surface area contributed by atoms with Crippen molar-refractivity contribution in [2.45, 2.75) is 32.9 Å². The summed E-state index contributed by atoms with van der Waals surface area (Å²) in [5.41, 5.74) is 2.12. The lowest BCUT2D eigenvalue weighted by molar-refractivity contribution is -0.122. The summed E-state index contributed by atoms with van der Waals surface area (Å²) < 4.78 is 0. The number of hydrogen-bond acceptors (Lipinski definition) is 4. The van der Waals surface area contributed by atoms with Crippen molar-refractivity contribution in [1.29, 1.82) is 0 Å². The van der Waals surface area contributed by atoms with E-state index in [-0.39, 0.29) is 17.7 Å². The molecule has 0 bridgehead atoms. The predicted octanol–water partition coefficient (Wildman–Crippen LogP) is 2.49. The Bertz CT molecular complexity index is 748. The number of carbonyl (C=O) groups is 2. The van der Waals surface area contributed by atoms with Crippen LogP contribution in [0.25, 0.3) is 0 Å². The monoisotopic (exact) mass is 324 g/mol. The topological polar surface area (TPSA) is 75.2 Å². The van der Waals surface area contributed by atoms with Gasteiger partial charge in [-0.2, -0.15) is 10.2 Å². The average molecular weight is 324 g/mol. The maximum atomic E-state index is 13.0. The van der Waals surface area contributed by atoms with Crippen LogP contribution >= 0.6 is 0 Å². The number of anilines is 1. The first-order chi connectivity index (χ1) is 11.6. The highest BCUT2D eigenvalue weighted by Gasteiger charge is 2.36. The molecule has 0 fully saturated rings. The molecule has 1 aromatic carbocycles. The molecule has 0 spiro atoms. The summed E-state index contributed by atoms with van der Waals surface area (Å²) in [6.45, 7) is 4.39. The third kappa shape index (κ3) is 2.99. The predicted molar refractivity (Wildman–Crippen MR) is 90.2 cm³/mol. The van der Waals surface area contributed by atoms with Gasteiger partial charge < -0.3 is 10.2 Å². The van der Waals surface area contributed by atoms with E-state index in [4.69, 9.17) is 0 Å². The summed E-state index contributed by atoms with van der Waals surface area (Å²) in [4.78, 5) is 27.5. The van der Waals surface area contributed by atoms with Gasteiger partial charge in [-0.15, -0.1) is 0 Å². The second-order valence-corrected chi connectivity index (χ2v) is 6.04. The van der Waals surface area contributed by atoms with Crippen LogP contribution < -0.4 is 5.32 Å². The zero-order chi connectivity index (χ0) is 17.1. The molecule has 0 radical (unpaired) electrons. The van der Waals surface area contributed by atoms with Crippen LogP contribution in [0.15, 0.2) is 42.7 Å². The first-order valence-electron chi connectivity index (χ1n) is 8.08. The van der Waals surface area contributed by atoms with Crippen molar-refractivity contribution in [3.8, 4) is 0 Å². The summed E-state index contributed by atoms with van der Waals surface area (Å²) in [5.74, 6) is -0.315. The molecule has 2 aromatic rings. The largest absolute Gasteiger partial charge is 0.324 e. The first kappa shape index (κ1) is 16.1. The fraction of sp³-hybridized carbons (Fsp3) is 0.333. The molecule has 2 atom stereocenters. The molecule has 0 unspecified atom stereocenters. The smallest absolute Gasteiger partial charge is 0.256 e. The third-order valence-corrected chi connectivity index (χ3v) is 4.50. The second-order valence-electron chi connectivity index (χ2n) is 6.04. The Hall–Kier alpha value is -2.76. The number of para-hydroxylation sites is 1. The number of rotatable bonds is 3. The molecular weight excluding hydrogens is 304 g/mol. The van der Waals surface area contributed by atoms with E-state index in [9.17, 15) is 9.59 Å². The molecule has 0 aliphatic carbocycles. The standard InChI is InChI=1S/C18H20N4O2/c1-3-12(2)16-17(23)21-15-7-5-4-6-14(15)11-22(16)18(24)13-8-9-19-20-10-13/h4-10,12,16H,3,11H2,1-2H3,(H,21,23)/t12-,16-/m0/s1. The molecule has 2 amide bonds. The van der Waals surface area contributed by atoms with E-state index in [0.717, 1.165) is 17.7 Å². The van der Waals surface area contributed by atoms with Gasteiger partial charge in [-0.1, -0.05) is 38.5 Å². The number of carbonyl (C=O) groups excluding carboxylic acids is 2. The maximum Gasteiger partial charge on any atom is 0.256 e. The van der Waals surface area contributed by atoms with Gasteiger partial charge in [-0.3, -0.25) is 9.59 Å². The van der Waals surface area contributed by atoms with E-state index in [1.165, 1.54) is 12.4 Å². The van der Waals surface area contributed by atoms with Gasteiger partial charge in [0, 0.05) is 12.2 Å².